The Morgan fingerprint density at radius 2 is 1.37 bits per heavy atom. The number of ether oxygens (including phenoxy) is 1. The van der Waals surface area contributed by atoms with Crippen molar-refractivity contribution in [1.82, 2.24) is 0 Å². The van der Waals surface area contributed by atoms with Crippen molar-refractivity contribution in [2.24, 2.45) is 0 Å². The van der Waals surface area contributed by atoms with E-state index >= 15 is 0 Å². The number of hydrogen-bond donors (Lipinski definition) is 0. The van der Waals surface area contributed by atoms with E-state index in [1.807, 2.05) is 0 Å². The van der Waals surface area contributed by atoms with Crippen molar-refractivity contribution in [3.63, 3.8) is 0 Å². The third-order valence-electron chi connectivity index (χ3n) is 2.45. The zero-order chi connectivity index (χ0) is 15.4. The molecule has 1 heterocycles. The van der Waals surface area contributed by atoms with E-state index < -0.39 is 42.6 Å². The average Bonchev–Trinajstić information content (AvgIpc) is 2.23. The van der Waals surface area contributed by atoms with Crippen LogP contribution in [0, 0.1) is 0 Å². The SMILES string of the molecule is FC1OC(F)(F)C(F)(F)C(F)(C(F)(F)C(F)F)[C@@H]1F. The number of alkyl halides is 11. The molecule has 1 aliphatic heterocycles. The van der Waals surface area contributed by atoms with Gasteiger partial charge in [0.2, 0.25) is 12.5 Å². The normalized spacial score (nSPS) is 38.5. The van der Waals surface area contributed by atoms with Gasteiger partial charge in [0.1, 0.15) is 0 Å². The summed E-state index contributed by atoms with van der Waals surface area (Å²) >= 11 is 0. The molecule has 0 saturated carbocycles. The molecule has 0 radical (unpaired) electrons. The van der Waals surface area contributed by atoms with Crippen molar-refractivity contribution in [3.05, 3.63) is 0 Å². The van der Waals surface area contributed by atoms with Crippen LogP contribution in [-0.4, -0.2) is 42.6 Å². The Kier molecular flexibility index (Phi) is 3.50. The molecular formula is C7H3F11O. The lowest BCUT2D eigenvalue weighted by Gasteiger charge is -2.46. The maximum absolute atomic E-state index is 13.4. The highest BCUT2D eigenvalue weighted by Gasteiger charge is 2.89. The second-order valence-electron chi connectivity index (χ2n) is 3.60. The van der Waals surface area contributed by atoms with E-state index in [0.717, 1.165) is 0 Å². The summed E-state index contributed by atoms with van der Waals surface area (Å²) in [5, 5.41) is 0. The lowest BCUT2D eigenvalue weighted by atomic mass is 9.82. The molecule has 0 aromatic carbocycles. The van der Waals surface area contributed by atoms with Crippen LogP contribution in [0.3, 0.4) is 0 Å². The van der Waals surface area contributed by atoms with E-state index in [9.17, 15) is 48.3 Å². The van der Waals surface area contributed by atoms with E-state index in [-0.39, 0.29) is 0 Å². The molecule has 0 amide bonds. The molecule has 1 nitrogen and oxygen atoms in total. The monoisotopic (exact) mass is 312 g/mol. The fourth-order valence-electron chi connectivity index (χ4n) is 1.39. The predicted octanol–water partition coefficient (Wildman–Crippen LogP) is 3.49. The minimum Gasteiger partial charge on any atom is -0.277 e. The largest absolute Gasteiger partial charge is 0.425 e. The van der Waals surface area contributed by atoms with Crippen LogP contribution < -0.4 is 0 Å². The summed E-state index contributed by atoms with van der Waals surface area (Å²) in [6.07, 6.45) is -20.5. The first-order valence-corrected chi connectivity index (χ1v) is 4.30. The van der Waals surface area contributed by atoms with Crippen LogP contribution in [0.25, 0.3) is 0 Å². The summed E-state index contributed by atoms with van der Waals surface area (Å²) in [5.74, 6) is -13.3. The molecular weight excluding hydrogens is 309 g/mol. The lowest BCUT2D eigenvalue weighted by Crippen LogP contribution is -2.76. The molecule has 1 rings (SSSR count). The zero-order valence-electron chi connectivity index (χ0n) is 8.30. The fraction of sp³-hybridized carbons (Fsp3) is 1.00. The van der Waals surface area contributed by atoms with Gasteiger partial charge in [0.05, 0.1) is 0 Å². The van der Waals surface area contributed by atoms with Crippen molar-refractivity contribution in [2.75, 3.05) is 0 Å². The molecule has 0 aromatic rings. The van der Waals surface area contributed by atoms with Gasteiger partial charge in [-0.15, -0.1) is 0 Å². The highest BCUT2D eigenvalue weighted by atomic mass is 19.3. The van der Waals surface area contributed by atoms with E-state index in [1.165, 1.54) is 0 Å². The Morgan fingerprint density at radius 3 is 1.74 bits per heavy atom. The Bertz CT molecular complexity index is 355. The second kappa shape index (κ2) is 4.09. The standard InChI is InChI=1S/C7H3F11O/c8-1-2(9)19-7(17,18)6(15,16)4(1,12)5(13,14)3(10)11/h1-3H/t1-,2?,4?/m1/s1. The molecule has 2 unspecified atom stereocenters. The maximum atomic E-state index is 13.4. The molecule has 1 saturated heterocycles. The molecule has 114 valence electrons. The van der Waals surface area contributed by atoms with Crippen molar-refractivity contribution >= 4 is 0 Å². The average molecular weight is 312 g/mol. The van der Waals surface area contributed by atoms with Gasteiger partial charge in [0.15, 0.2) is 0 Å². The van der Waals surface area contributed by atoms with Crippen LogP contribution in [0.4, 0.5) is 48.3 Å². The Morgan fingerprint density at radius 1 is 0.947 bits per heavy atom. The minimum absolute atomic E-state index is 2.43. The summed E-state index contributed by atoms with van der Waals surface area (Å²) in [6.45, 7) is 0. The number of rotatable bonds is 2. The van der Waals surface area contributed by atoms with Gasteiger partial charge in [-0.25, -0.2) is 22.0 Å². The molecule has 1 aliphatic rings. The van der Waals surface area contributed by atoms with Crippen molar-refractivity contribution in [2.45, 2.75) is 42.6 Å². The lowest BCUT2D eigenvalue weighted by molar-refractivity contribution is -0.474. The third-order valence-corrected chi connectivity index (χ3v) is 2.45. The molecule has 0 spiro atoms. The first-order valence-electron chi connectivity index (χ1n) is 4.30. The molecule has 0 aromatic heterocycles. The fourth-order valence-corrected chi connectivity index (χ4v) is 1.39. The van der Waals surface area contributed by atoms with Crippen molar-refractivity contribution in [3.8, 4) is 0 Å². The first-order chi connectivity index (χ1) is 8.23. The van der Waals surface area contributed by atoms with Crippen molar-refractivity contribution in [1.29, 1.82) is 0 Å². The molecule has 0 aliphatic carbocycles. The van der Waals surface area contributed by atoms with E-state index in [1.54, 1.807) is 0 Å². The number of hydrogen-bond acceptors (Lipinski definition) is 1. The Labute approximate surface area is 96.9 Å². The van der Waals surface area contributed by atoms with Gasteiger partial charge < -0.3 is 0 Å². The smallest absolute Gasteiger partial charge is 0.277 e. The van der Waals surface area contributed by atoms with Crippen LogP contribution in [0.15, 0.2) is 0 Å². The first kappa shape index (κ1) is 16.2. The summed E-state index contributed by atoms with van der Waals surface area (Å²) in [7, 11) is 0. The van der Waals surface area contributed by atoms with Crippen LogP contribution in [0.2, 0.25) is 0 Å². The second-order valence-corrected chi connectivity index (χ2v) is 3.60. The van der Waals surface area contributed by atoms with Crippen LogP contribution in [0.5, 0.6) is 0 Å². The summed E-state index contributed by atoms with van der Waals surface area (Å²) in [4.78, 5) is 0. The minimum atomic E-state index is -6.72. The van der Waals surface area contributed by atoms with E-state index in [2.05, 4.69) is 4.74 Å². The predicted molar refractivity (Wildman–Crippen MR) is 35.6 cm³/mol. The Hall–Kier alpha value is -0.810. The highest BCUT2D eigenvalue weighted by Crippen LogP contribution is 2.59. The van der Waals surface area contributed by atoms with Crippen LogP contribution in [-0.2, 0) is 4.74 Å². The van der Waals surface area contributed by atoms with Gasteiger partial charge in [0, 0.05) is 0 Å². The van der Waals surface area contributed by atoms with E-state index in [0.29, 0.717) is 0 Å². The molecule has 19 heavy (non-hydrogen) atoms. The Balaban J connectivity index is 3.50. The maximum Gasteiger partial charge on any atom is 0.425 e. The van der Waals surface area contributed by atoms with Gasteiger partial charge in [0.25, 0.3) is 5.67 Å². The van der Waals surface area contributed by atoms with Gasteiger partial charge in [-0.1, -0.05) is 0 Å². The molecule has 1 fully saturated rings. The third kappa shape index (κ3) is 1.78. The molecule has 0 bridgehead atoms. The zero-order valence-corrected chi connectivity index (χ0v) is 8.30. The summed E-state index contributed by atoms with van der Waals surface area (Å²) in [6, 6.07) is 0. The highest BCUT2D eigenvalue weighted by molar-refractivity contribution is 5.15. The van der Waals surface area contributed by atoms with Crippen LogP contribution in [0.1, 0.15) is 0 Å². The van der Waals surface area contributed by atoms with Crippen LogP contribution >= 0.6 is 0 Å². The molecule has 3 atom stereocenters. The van der Waals surface area contributed by atoms with E-state index in [4.69, 9.17) is 0 Å². The summed E-state index contributed by atoms with van der Waals surface area (Å²) < 4.78 is 141. The topological polar surface area (TPSA) is 9.23 Å². The van der Waals surface area contributed by atoms with Gasteiger partial charge in [-0.2, -0.15) is 26.3 Å². The van der Waals surface area contributed by atoms with Gasteiger partial charge >= 0.3 is 24.4 Å². The summed E-state index contributed by atoms with van der Waals surface area (Å²) in [5.41, 5.74) is -6.48. The quantitative estimate of drug-likeness (QED) is 0.709. The van der Waals surface area contributed by atoms with Gasteiger partial charge in [-0.05, 0) is 0 Å². The van der Waals surface area contributed by atoms with Crippen molar-refractivity contribution < 1.29 is 53.0 Å². The molecule has 0 N–H and O–H groups in total. The number of halogens is 11. The van der Waals surface area contributed by atoms with Gasteiger partial charge in [-0.3, -0.25) is 4.74 Å². The molecule has 12 heteroatoms.